The molecule has 0 fully saturated rings. The van der Waals surface area contributed by atoms with E-state index in [0.717, 1.165) is 11.8 Å². The van der Waals surface area contributed by atoms with Crippen molar-refractivity contribution >= 4 is 35.3 Å². The summed E-state index contributed by atoms with van der Waals surface area (Å²) in [5.74, 6) is -0.478. The smallest absolute Gasteiger partial charge is 0.318 e. The molecule has 1 atom stereocenters. The van der Waals surface area contributed by atoms with Crippen LogP contribution in [0.4, 0.5) is 4.79 Å². The first-order valence-electron chi connectivity index (χ1n) is 4.25. The zero-order valence-corrected chi connectivity index (χ0v) is 9.88. The summed E-state index contributed by atoms with van der Waals surface area (Å²) < 4.78 is 0. The lowest BCUT2D eigenvalue weighted by molar-refractivity contribution is -0.119. The molecule has 1 aromatic rings. The number of imide groups is 1. The van der Waals surface area contributed by atoms with Gasteiger partial charge >= 0.3 is 6.03 Å². The van der Waals surface area contributed by atoms with Crippen LogP contribution in [-0.4, -0.2) is 27.4 Å². The molecule has 0 saturated heterocycles. The molecule has 3 amide bonds. The van der Waals surface area contributed by atoms with Gasteiger partial charge in [0.25, 0.3) is 0 Å². The Morgan fingerprint density at radius 2 is 2.19 bits per heavy atom. The second-order valence-electron chi connectivity index (χ2n) is 2.81. The Labute approximate surface area is 101 Å². The average Bonchev–Trinajstić information content (AvgIpc) is 2.20. The van der Waals surface area contributed by atoms with Crippen molar-refractivity contribution in [1.29, 1.82) is 0 Å². The van der Waals surface area contributed by atoms with E-state index < -0.39 is 17.2 Å². The lowest BCUT2D eigenvalue weighted by atomic mass is 10.4. The largest absolute Gasteiger partial charge is 0.351 e. The predicted molar refractivity (Wildman–Crippen MR) is 60.1 cm³/mol. The summed E-state index contributed by atoms with van der Waals surface area (Å²) >= 11 is 6.71. The Kier molecular flexibility index (Phi) is 4.51. The standard InChI is InChI=1S/C8H9ClN4O2S/c1-4(7(14)11-8(10)15)16-6-3-2-5(9)12-13-6/h2-4H,1H3,(H3,10,11,14,15)/t4-/m1/s1. The van der Waals surface area contributed by atoms with Crippen LogP contribution < -0.4 is 11.1 Å². The summed E-state index contributed by atoms with van der Waals surface area (Å²) in [6, 6.07) is 2.32. The van der Waals surface area contributed by atoms with Crippen molar-refractivity contribution in [3.05, 3.63) is 17.3 Å². The van der Waals surface area contributed by atoms with Crippen LogP contribution in [0.1, 0.15) is 6.92 Å². The van der Waals surface area contributed by atoms with Gasteiger partial charge in [0, 0.05) is 0 Å². The van der Waals surface area contributed by atoms with Gasteiger partial charge in [-0.05, 0) is 19.1 Å². The average molecular weight is 261 g/mol. The molecule has 0 unspecified atom stereocenters. The van der Waals surface area contributed by atoms with Gasteiger partial charge in [0.05, 0.1) is 5.25 Å². The number of rotatable bonds is 3. The molecular weight excluding hydrogens is 252 g/mol. The third-order valence-corrected chi connectivity index (χ3v) is 2.75. The normalized spacial score (nSPS) is 11.9. The number of thioether (sulfide) groups is 1. The third kappa shape index (κ3) is 4.03. The van der Waals surface area contributed by atoms with Crippen molar-refractivity contribution in [3.63, 3.8) is 0 Å². The monoisotopic (exact) mass is 260 g/mol. The number of nitrogens with zero attached hydrogens (tertiary/aromatic N) is 2. The van der Waals surface area contributed by atoms with E-state index >= 15 is 0 Å². The fraction of sp³-hybridized carbons (Fsp3) is 0.250. The molecule has 1 heterocycles. The molecule has 1 aromatic heterocycles. The van der Waals surface area contributed by atoms with Crippen LogP contribution in [0, 0.1) is 0 Å². The summed E-state index contributed by atoms with van der Waals surface area (Å²) in [5.41, 5.74) is 4.82. The first-order chi connectivity index (χ1) is 7.49. The number of urea groups is 1. The maximum Gasteiger partial charge on any atom is 0.318 e. The van der Waals surface area contributed by atoms with Gasteiger partial charge in [-0.25, -0.2) is 4.79 Å². The quantitative estimate of drug-likeness (QED) is 0.784. The van der Waals surface area contributed by atoms with Crippen LogP contribution in [0.15, 0.2) is 17.2 Å². The van der Waals surface area contributed by atoms with Gasteiger partial charge in [0.2, 0.25) is 5.91 Å². The van der Waals surface area contributed by atoms with Crippen molar-refractivity contribution in [2.24, 2.45) is 5.73 Å². The molecule has 0 aromatic carbocycles. The molecule has 3 N–H and O–H groups in total. The van der Waals surface area contributed by atoms with Crippen molar-refractivity contribution in [1.82, 2.24) is 15.5 Å². The zero-order valence-electron chi connectivity index (χ0n) is 8.31. The highest BCUT2D eigenvalue weighted by Gasteiger charge is 2.16. The topological polar surface area (TPSA) is 98.0 Å². The van der Waals surface area contributed by atoms with Gasteiger partial charge in [-0.15, -0.1) is 10.2 Å². The number of amides is 3. The number of nitrogens with one attached hydrogen (secondary N) is 1. The van der Waals surface area contributed by atoms with Gasteiger partial charge in [0.15, 0.2) is 5.15 Å². The first kappa shape index (κ1) is 12.7. The number of carbonyl (C=O) groups excluding carboxylic acids is 2. The van der Waals surface area contributed by atoms with Crippen molar-refractivity contribution in [2.45, 2.75) is 17.2 Å². The Balaban J connectivity index is 2.57. The maximum atomic E-state index is 11.3. The molecule has 0 saturated carbocycles. The molecule has 0 aliphatic heterocycles. The summed E-state index contributed by atoms with van der Waals surface area (Å²) in [7, 11) is 0. The van der Waals surface area contributed by atoms with Crippen LogP contribution in [0.3, 0.4) is 0 Å². The fourth-order valence-electron chi connectivity index (χ4n) is 0.824. The number of hydrogen-bond acceptors (Lipinski definition) is 5. The lowest BCUT2D eigenvalue weighted by Crippen LogP contribution is -2.39. The van der Waals surface area contributed by atoms with Crippen LogP contribution in [0.2, 0.25) is 5.15 Å². The highest BCUT2D eigenvalue weighted by atomic mass is 35.5. The predicted octanol–water partition coefficient (Wildman–Crippen LogP) is 0.805. The minimum atomic E-state index is -0.875. The van der Waals surface area contributed by atoms with Gasteiger partial charge in [-0.2, -0.15) is 0 Å². The van der Waals surface area contributed by atoms with E-state index in [1.165, 1.54) is 0 Å². The number of nitrogens with two attached hydrogens (primary N) is 1. The maximum absolute atomic E-state index is 11.3. The van der Waals surface area contributed by atoms with E-state index in [-0.39, 0.29) is 5.15 Å². The zero-order chi connectivity index (χ0) is 12.1. The van der Waals surface area contributed by atoms with E-state index in [0.29, 0.717) is 5.03 Å². The van der Waals surface area contributed by atoms with E-state index in [9.17, 15) is 9.59 Å². The van der Waals surface area contributed by atoms with Crippen molar-refractivity contribution in [3.8, 4) is 0 Å². The third-order valence-electron chi connectivity index (χ3n) is 1.52. The number of hydrogen-bond donors (Lipinski definition) is 2. The molecule has 86 valence electrons. The molecule has 0 aliphatic rings. The van der Waals surface area contributed by atoms with E-state index in [1.807, 2.05) is 5.32 Å². The molecule has 1 rings (SSSR count). The van der Waals surface area contributed by atoms with Crippen LogP contribution >= 0.6 is 23.4 Å². The van der Waals surface area contributed by atoms with Gasteiger partial charge in [-0.3, -0.25) is 10.1 Å². The second-order valence-corrected chi connectivity index (χ2v) is 4.56. The van der Waals surface area contributed by atoms with Gasteiger partial charge < -0.3 is 5.73 Å². The van der Waals surface area contributed by atoms with E-state index in [2.05, 4.69) is 10.2 Å². The molecule has 0 bridgehead atoms. The van der Waals surface area contributed by atoms with Crippen molar-refractivity contribution < 1.29 is 9.59 Å². The molecule has 0 spiro atoms. The molecule has 8 heteroatoms. The summed E-state index contributed by atoms with van der Waals surface area (Å²) in [6.07, 6.45) is 0. The van der Waals surface area contributed by atoms with E-state index in [4.69, 9.17) is 17.3 Å². The molecule has 0 aliphatic carbocycles. The SMILES string of the molecule is C[C@@H](Sc1ccc(Cl)nn1)C(=O)NC(N)=O. The summed E-state index contributed by atoms with van der Waals surface area (Å²) in [4.78, 5) is 21.8. The van der Waals surface area contributed by atoms with Crippen LogP contribution in [0.5, 0.6) is 0 Å². The number of halogens is 1. The van der Waals surface area contributed by atoms with E-state index in [1.54, 1.807) is 19.1 Å². The minimum absolute atomic E-state index is 0.276. The van der Waals surface area contributed by atoms with Crippen LogP contribution in [0.25, 0.3) is 0 Å². The second kappa shape index (κ2) is 5.66. The van der Waals surface area contributed by atoms with Gasteiger partial charge in [0.1, 0.15) is 5.03 Å². The fourth-order valence-corrected chi connectivity index (χ4v) is 1.69. The van der Waals surface area contributed by atoms with Crippen molar-refractivity contribution in [2.75, 3.05) is 0 Å². The Bertz CT molecular complexity index is 398. The molecule has 6 nitrogen and oxygen atoms in total. The number of aromatic nitrogens is 2. The first-order valence-corrected chi connectivity index (χ1v) is 5.51. The highest BCUT2D eigenvalue weighted by Crippen LogP contribution is 2.20. The van der Waals surface area contributed by atoms with Crippen LogP contribution in [-0.2, 0) is 4.79 Å². The molecule has 16 heavy (non-hydrogen) atoms. The number of primary amides is 1. The summed E-state index contributed by atoms with van der Waals surface area (Å²) in [6.45, 7) is 1.62. The Morgan fingerprint density at radius 3 is 2.69 bits per heavy atom. The minimum Gasteiger partial charge on any atom is -0.351 e. The molecular formula is C8H9ClN4O2S. The Morgan fingerprint density at radius 1 is 1.50 bits per heavy atom. The Hall–Kier alpha value is -1.34. The number of carbonyl (C=O) groups is 2. The highest BCUT2D eigenvalue weighted by molar-refractivity contribution is 8.00. The summed E-state index contributed by atoms with van der Waals surface area (Å²) in [5, 5.41) is 9.69. The molecule has 0 radical (unpaired) electrons. The lowest BCUT2D eigenvalue weighted by Gasteiger charge is -2.08. The van der Waals surface area contributed by atoms with Gasteiger partial charge in [-0.1, -0.05) is 23.4 Å².